The second-order valence-corrected chi connectivity index (χ2v) is 4.91. The molecule has 0 bridgehead atoms. The van der Waals surface area contributed by atoms with Crippen molar-refractivity contribution in [2.24, 2.45) is 5.73 Å². The molecule has 1 aliphatic rings. The molecule has 0 spiro atoms. The molecule has 0 saturated heterocycles. The predicted octanol–water partition coefficient (Wildman–Crippen LogP) is 0.488. The van der Waals surface area contributed by atoms with Gasteiger partial charge in [0.05, 0.1) is 6.10 Å². The molecular formula is C10H19IN2O3. The van der Waals surface area contributed by atoms with Gasteiger partial charge in [0.15, 0.2) is 0 Å². The van der Waals surface area contributed by atoms with Crippen molar-refractivity contribution in [3.05, 3.63) is 0 Å². The van der Waals surface area contributed by atoms with Crippen molar-refractivity contribution in [3.8, 4) is 0 Å². The highest BCUT2D eigenvalue weighted by Gasteiger charge is 2.27. The van der Waals surface area contributed by atoms with Gasteiger partial charge in [-0.3, -0.25) is 8.32 Å². The Labute approximate surface area is 110 Å². The number of carbonyl (C=O) groups is 1. The molecular weight excluding hydrogens is 323 g/mol. The lowest BCUT2D eigenvalue weighted by molar-refractivity contribution is -0.154. The van der Waals surface area contributed by atoms with Crippen LogP contribution in [0.5, 0.6) is 0 Å². The van der Waals surface area contributed by atoms with Gasteiger partial charge in [0, 0.05) is 28.9 Å². The Morgan fingerprint density at radius 2 is 2.06 bits per heavy atom. The van der Waals surface area contributed by atoms with Gasteiger partial charge in [-0.25, -0.2) is 0 Å². The minimum absolute atomic E-state index is 0.0432. The summed E-state index contributed by atoms with van der Waals surface area (Å²) in [5.41, 5.74) is 5.49. The first-order valence-electron chi connectivity index (χ1n) is 5.55. The Balaban J connectivity index is 2.31. The van der Waals surface area contributed by atoms with Crippen molar-refractivity contribution in [3.63, 3.8) is 0 Å². The molecule has 5 nitrogen and oxygen atoms in total. The van der Waals surface area contributed by atoms with Crippen LogP contribution in [0.3, 0.4) is 0 Å². The molecule has 0 amide bonds. The van der Waals surface area contributed by atoms with Gasteiger partial charge in [-0.1, -0.05) is 0 Å². The zero-order valence-electron chi connectivity index (χ0n) is 9.36. The molecule has 16 heavy (non-hydrogen) atoms. The number of esters is 1. The van der Waals surface area contributed by atoms with Crippen LogP contribution in [0.1, 0.15) is 32.6 Å². The van der Waals surface area contributed by atoms with Gasteiger partial charge in [-0.15, -0.1) is 0 Å². The summed E-state index contributed by atoms with van der Waals surface area (Å²) < 4.78 is 8.44. The van der Waals surface area contributed by atoms with E-state index in [1.54, 1.807) is 0 Å². The summed E-state index contributed by atoms with van der Waals surface area (Å²) in [6, 6.07) is -0.415. The minimum Gasteiger partial charge on any atom is -0.461 e. The fourth-order valence-corrected chi connectivity index (χ4v) is 2.35. The van der Waals surface area contributed by atoms with E-state index < -0.39 is 18.1 Å². The van der Waals surface area contributed by atoms with Crippen LogP contribution in [0.15, 0.2) is 0 Å². The monoisotopic (exact) mass is 342 g/mol. The summed E-state index contributed by atoms with van der Waals surface area (Å²) in [4.78, 5) is 11.5. The second-order valence-electron chi connectivity index (χ2n) is 4.29. The number of ether oxygens (including phenoxy) is 1. The fraction of sp³-hybridized carbons (Fsp3) is 0.900. The Morgan fingerprint density at radius 3 is 2.50 bits per heavy atom. The summed E-state index contributed by atoms with van der Waals surface area (Å²) in [5.74, 6) is -0.499. The molecule has 0 aromatic heterocycles. The van der Waals surface area contributed by atoms with Crippen molar-refractivity contribution in [2.45, 2.75) is 56.9 Å². The van der Waals surface area contributed by atoms with Crippen molar-refractivity contribution in [1.29, 1.82) is 0 Å². The standard InChI is InChI=1S/C10H19IN2O3/c1-6(14)9(12)10(15)16-8-4-2-7(13-11)3-5-8/h6-9,13-14H,2-5,12H2,1H3/t6-,7?,8?,9-/m0/s1. The van der Waals surface area contributed by atoms with Gasteiger partial charge in [0.1, 0.15) is 12.1 Å². The lowest BCUT2D eigenvalue weighted by Crippen LogP contribution is -2.43. The first-order valence-corrected chi connectivity index (χ1v) is 6.62. The molecule has 1 saturated carbocycles. The van der Waals surface area contributed by atoms with Crippen LogP contribution >= 0.6 is 22.9 Å². The van der Waals surface area contributed by atoms with Gasteiger partial charge in [0.2, 0.25) is 0 Å². The number of nitrogens with two attached hydrogens (primary N) is 1. The van der Waals surface area contributed by atoms with E-state index >= 15 is 0 Å². The van der Waals surface area contributed by atoms with E-state index in [0.717, 1.165) is 25.7 Å². The zero-order valence-corrected chi connectivity index (χ0v) is 11.5. The maximum atomic E-state index is 11.5. The normalized spacial score (nSPS) is 29.5. The molecule has 4 N–H and O–H groups in total. The van der Waals surface area contributed by atoms with Crippen LogP contribution in [0, 0.1) is 0 Å². The topological polar surface area (TPSA) is 84.6 Å². The summed E-state index contributed by atoms with van der Waals surface area (Å²) in [7, 11) is 0. The highest BCUT2D eigenvalue weighted by atomic mass is 127. The quantitative estimate of drug-likeness (QED) is 0.393. The van der Waals surface area contributed by atoms with Crippen LogP contribution in [0.25, 0.3) is 0 Å². The number of nitrogens with one attached hydrogen (secondary N) is 1. The Bertz CT molecular complexity index is 230. The van der Waals surface area contributed by atoms with Crippen LogP contribution < -0.4 is 9.26 Å². The molecule has 0 radical (unpaired) electrons. The molecule has 0 aromatic rings. The highest BCUT2D eigenvalue weighted by molar-refractivity contribution is 14.1. The molecule has 1 aliphatic carbocycles. The molecule has 94 valence electrons. The van der Waals surface area contributed by atoms with Crippen molar-refractivity contribution < 1.29 is 14.6 Å². The molecule has 0 unspecified atom stereocenters. The lowest BCUT2D eigenvalue weighted by atomic mass is 9.93. The Morgan fingerprint density at radius 1 is 1.50 bits per heavy atom. The van der Waals surface area contributed by atoms with Gasteiger partial charge in [0.25, 0.3) is 0 Å². The molecule has 6 heteroatoms. The number of aliphatic hydroxyl groups excluding tert-OH is 1. The molecule has 1 rings (SSSR count). The molecule has 2 atom stereocenters. The van der Waals surface area contributed by atoms with Gasteiger partial charge < -0.3 is 15.6 Å². The maximum Gasteiger partial charge on any atom is 0.325 e. The molecule has 0 heterocycles. The van der Waals surface area contributed by atoms with E-state index in [1.807, 2.05) is 0 Å². The summed E-state index contributed by atoms with van der Waals surface area (Å²) in [6.07, 6.45) is 2.83. The highest BCUT2D eigenvalue weighted by Crippen LogP contribution is 2.22. The lowest BCUT2D eigenvalue weighted by Gasteiger charge is -2.28. The number of carbonyl (C=O) groups excluding carboxylic acids is 1. The number of hydrogen-bond donors (Lipinski definition) is 3. The number of rotatable bonds is 4. The fourth-order valence-electron chi connectivity index (χ4n) is 1.73. The first kappa shape index (κ1) is 14.1. The third-order valence-corrected chi connectivity index (χ3v) is 3.78. The third kappa shape index (κ3) is 4.15. The average Bonchev–Trinajstić information content (AvgIpc) is 2.28. The molecule has 0 aliphatic heterocycles. The SMILES string of the molecule is C[C@H](O)[C@H](N)C(=O)OC1CCC(NI)CC1. The van der Waals surface area contributed by atoms with Crippen LogP contribution in [0.2, 0.25) is 0 Å². The van der Waals surface area contributed by atoms with Crippen LogP contribution in [0.4, 0.5) is 0 Å². The smallest absolute Gasteiger partial charge is 0.325 e. The zero-order chi connectivity index (χ0) is 12.1. The summed E-state index contributed by atoms with van der Waals surface area (Å²) >= 11 is 2.15. The van der Waals surface area contributed by atoms with Crippen molar-refractivity contribution in [1.82, 2.24) is 3.53 Å². The van der Waals surface area contributed by atoms with E-state index in [-0.39, 0.29) is 6.10 Å². The number of hydrogen-bond acceptors (Lipinski definition) is 5. The Kier molecular flexibility index (Phi) is 5.95. The summed E-state index contributed by atoms with van der Waals surface area (Å²) in [5, 5.41) is 9.16. The van der Waals surface area contributed by atoms with Crippen LogP contribution in [-0.2, 0) is 9.53 Å². The predicted molar refractivity (Wildman–Crippen MR) is 68.9 cm³/mol. The van der Waals surface area contributed by atoms with E-state index in [0.29, 0.717) is 6.04 Å². The van der Waals surface area contributed by atoms with E-state index in [1.165, 1.54) is 6.92 Å². The van der Waals surface area contributed by atoms with Crippen molar-refractivity contribution >= 4 is 28.8 Å². The van der Waals surface area contributed by atoms with Crippen LogP contribution in [-0.4, -0.2) is 35.4 Å². The maximum absolute atomic E-state index is 11.5. The average molecular weight is 342 g/mol. The van der Waals surface area contributed by atoms with E-state index in [4.69, 9.17) is 15.6 Å². The first-order chi connectivity index (χ1) is 7.54. The van der Waals surface area contributed by atoms with E-state index in [9.17, 15) is 4.79 Å². The second kappa shape index (κ2) is 6.73. The largest absolute Gasteiger partial charge is 0.461 e. The third-order valence-electron chi connectivity index (χ3n) is 2.90. The van der Waals surface area contributed by atoms with Gasteiger partial charge in [-0.2, -0.15) is 0 Å². The summed E-state index contributed by atoms with van der Waals surface area (Å²) in [6.45, 7) is 1.49. The molecule has 1 fully saturated rings. The van der Waals surface area contributed by atoms with Gasteiger partial charge >= 0.3 is 5.97 Å². The minimum atomic E-state index is -0.930. The Hall–Kier alpha value is 0.0800. The molecule has 0 aromatic carbocycles. The van der Waals surface area contributed by atoms with Gasteiger partial charge in [-0.05, 0) is 32.6 Å². The number of halogens is 1. The van der Waals surface area contributed by atoms with E-state index in [2.05, 4.69) is 26.4 Å². The van der Waals surface area contributed by atoms with Crippen molar-refractivity contribution in [2.75, 3.05) is 0 Å². The number of aliphatic hydroxyl groups is 1.